The Bertz CT molecular complexity index is 1180. The van der Waals surface area contributed by atoms with E-state index in [0.717, 1.165) is 5.56 Å². The normalized spacial score (nSPS) is 18.2. The highest BCUT2D eigenvalue weighted by Crippen LogP contribution is 2.29. The molecule has 1 atom stereocenters. The van der Waals surface area contributed by atoms with Gasteiger partial charge in [-0.05, 0) is 38.0 Å². The Hall–Kier alpha value is -2.71. The molecule has 2 heterocycles. The van der Waals surface area contributed by atoms with Gasteiger partial charge in [0.1, 0.15) is 0 Å². The Balaban J connectivity index is 1.69. The molecule has 27 heavy (non-hydrogen) atoms. The number of H-pyrrole nitrogens is 2. The van der Waals surface area contributed by atoms with E-state index in [1.807, 2.05) is 19.1 Å². The van der Waals surface area contributed by atoms with Crippen molar-refractivity contribution in [1.82, 2.24) is 14.3 Å². The fourth-order valence-corrected chi connectivity index (χ4v) is 5.19. The van der Waals surface area contributed by atoms with Gasteiger partial charge in [0.25, 0.3) is 0 Å². The lowest BCUT2D eigenvalue weighted by atomic mass is 10.0. The molecule has 1 saturated heterocycles. The second kappa shape index (κ2) is 6.47. The highest BCUT2D eigenvalue weighted by molar-refractivity contribution is 7.89. The minimum atomic E-state index is -3.85. The van der Waals surface area contributed by atoms with Gasteiger partial charge in [-0.25, -0.2) is 13.2 Å². The van der Waals surface area contributed by atoms with Gasteiger partial charge in [-0.3, -0.25) is 4.79 Å². The number of fused-ring (bicyclic) bond motifs is 1. The second-order valence-corrected chi connectivity index (χ2v) is 8.68. The molecular weight excluding hydrogens is 366 g/mol. The van der Waals surface area contributed by atoms with E-state index in [1.54, 1.807) is 18.2 Å². The van der Waals surface area contributed by atoms with Crippen molar-refractivity contribution >= 4 is 26.8 Å². The maximum atomic E-state index is 13.2. The molecular formula is C19H19N3O4S. The molecule has 0 amide bonds. The number of aromatic nitrogens is 2. The van der Waals surface area contributed by atoms with Crippen LogP contribution in [0.3, 0.4) is 0 Å². The fourth-order valence-electron chi connectivity index (χ4n) is 3.51. The summed E-state index contributed by atoms with van der Waals surface area (Å²) in [5, 5.41) is 0. The third kappa shape index (κ3) is 3.11. The average Bonchev–Trinajstić information content (AvgIpc) is 3.27. The Labute approximate surface area is 156 Å². The molecule has 8 heteroatoms. The number of benzene rings is 2. The molecule has 1 fully saturated rings. The smallest absolute Gasteiger partial charge is 0.306 e. The number of carbonyl (C=O) groups excluding carboxylic acids is 1. The Morgan fingerprint density at radius 2 is 1.78 bits per heavy atom. The number of nitrogens with one attached hydrogen (secondary N) is 2. The molecule has 1 aliphatic rings. The van der Waals surface area contributed by atoms with Gasteiger partial charge in [0.15, 0.2) is 5.78 Å². The van der Waals surface area contributed by atoms with Gasteiger partial charge in [0.2, 0.25) is 10.0 Å². The van der Waals surface area contributed by atoms with Crippen LogP contribution in [0.4, 0.5) is 0 Å². The SMILES string of the molecule is Cc1ccc(C(=O)C2CCCN2S(=O)(=O)c2ccc3[nH]c(=O)[nH]c3c2)cc1. The lowest BCUT2D eigenvalue weighted by molar-refractivity contribution is 0.0918. The molecule has 0 radical (unpaired) electrons. The largest absolute Gasteiger partial charge is 0.323 e. The topological polar surface area (TPSA) is 103 Å². The zero-order valence-corrected chi connectivity index (χ0v) is 15.5. The number of aryl methyl sites for hydroxylation is 1. The Morgan fingerprint density at radius 1 is 1.07 bits per heavy atom. The number of imidazole rings is 1. The summed E-state index contributed by atoms with van der Waals surface area (Å²) in [5.74, 6) is -0.188. The van der Waals surface area contributed by atoms with E-state index in [0.29, 0.717) is 36.0 Å². The molecule has 2 N–H and O–H groups in total. The van der Waals surface area contributed by atoms with E-state index < -0.39 is 21.8 Å². The molecule has 1 aromatic heterocycles. The molecule has 0 aliphatic carbocycles. The van der Waals surface area contributed by atoms with Crippen LogP contribution in [0.1, 0.15) is 28.8 Å². The number of hydrogen-bond acceptors (Lipinski definition) is 4. The van der Waals surface area contributed by atoms with Crippen LogP contribution < -0.4 is 5.69 Å². The fraction of sp³-hybridized carbons (Fsp3) is 0.263. The molecule has 4 rings (SSSR count). The van der Waals surface area contributed by atoms with Crippen molar-refractivity contribution in [2.45, 2.75) is 30.7 Å². The van der Waals surface area contributed by atoms with Crippen molar-refractivity contribution in [3.63, 3.8) is 0 Å². The second-order valence-electron chi connectivity index (χ2n) is 6.79. The molecule has 0 bridgehead atoms. The van der Waals surface area contributed by atoms with Gasteiger partial charge in [-0.1, -0.05) is 29.8 Å². The Morgan fingerprint density at radius 3 is 2.52 bits per heavy atom. The van der Waals surface area contributed by atoms with Crippen molar-refractivity contribution in [3.8, 4) is 0 Å². The first-order valence-corrected chi connectivity index (χ1v) is 10.1. The van der Waals surface area contributed by atoms with Crippen molar-refractivity contribution in [2.75, 3.05) is 6.54 Å². The van der Waals surface area contributed by atoms with Gasteiger partial charge < -0.3 is 9.97 Å². The summed E-state index contributed by atoms with van der Waals surface area (Å²) in [7, 11) is -3.85. The van der Waals surface area contributed by atoms with Crippen LogP contribution in [0, 0.1) is 6.92 Å². The van der Waals surface area contributed by atoms with E-state index >= 15 is 0 Å². The van der Waals surface area contributed by atoms with Crippen LogP contribution in [0.2, 0.25) is 0 Å². The highest BCUT2D eigenvalue weighted by Gasteiger charge is 2.39. The first-order valence-electron chi connectivity index (χ1n) is 8.71. The van der Waals surface area contributed by atoms with Gasteiger partial charge in [0.05, 0.1) is 22.0 Å². The van der Waals surface area contributed by atoms with Gasteiger partial charge >= 0.3 is 5.69 Å². The first kappa shape index (κ1) is 17.7. The minimum Gasteiger partial charge on any atom is -0.306 e. The van der Waals surface area contributed by atoms with Crippen LogP contribution in [-0.4, -0.2) is 41.1 Å². The van der Waals surface area contributed by atoms with Gasteiger partial charge in [0, 0.05) is 12.1 Å². The number of Topliss-reactive ketones (excluding diaryl/α,β-unsaturated/α-hetero) is 1. The van der Waals surface area contributed by atoms with Crippen molar-refractivity contribution in [2.24, 2.45) is 0 Å². The molecule has 7 nitrogen and oxygen atoms in total. The van der Waals surface area contributed by atoms with Crippen LogP contribution >= 0.6 is 0 Å². The summed E-state index contributed by atoms with van der Waals surface area (Å²) in [5.41, 5.74) is 2.11. The predicted molar refractivity (Wildman–Crippen MR) is 101 cm³/mol. The third-order valence-corrected chi connectivity index (χ3v) is 6.84. The number of ketones is 1. The third-order valence-electron chi connectivity index (χ3n) is 4.94. The minimum absolute atomic E-state index is 0.0638. The number of sulfonamides is 1. The molecule has 0 saturated carbocycles. The van der Waals surface area contributed by atoms with E-state index in [9.17, 15) is 18.0 Å². The Kier molecular flexibility index (Phi) is 4.24. The van der Waals surface area contributed by atoms with E-state index in [2.05, 4.69) is 9.97 Å². The monoisotopic (exact) mass is 385 g/mol. The molecule has 1 unspecified atom stereocenters. The number of nitrogens with zero attached hydrogens (tertiary/aromatic N) is 1. The standard InChI is InChI=1S/C19H19N3O4S/c1-12-4-6-13(7-5-12)18(23)17-3-2-10-22(17)27(25,26)14-8-9-15-16(11-14)21-19(24)20-15/h4-9,11,17H,2-3,10H2,1H3,(H2,20,21,24). The zero-order chi connectivity index (χ0) is 19.2. The summed E-state index contributed by atoms with van der Waals surface area (Å²) >= 11 is 0. The van der Waals surface area contributed by atoms with Crippen LogP contribution in [0.15, 0.2) is 52.2 Å². The maximum absolute atomic E-state index is 13.2. The molecule has 3 aromatic rings. The van der Waals surface area contributed by atoms with Crippen LogP contribution in [0.25, 0.3) is 11.0 Å². The number of rotatable bonds is 4. The molecule has 140 valence electrons. The number of carbonyl (C=O) groups is 1. The maximum Gasteiger partial charge on any atom is 0.323 e. The van der Waals surface area contributed by atoms with Crippen molar-refractivity contribution in [3.05, 3.63) is 64.1 Å². The van der Waals surface area contributed by atoms with E-state index in [1.165, 1.54) is 16.4 Å². The van der Waals surface area contributed by atoms with Crippen molar-refractivity contribution in [1.29, 1.82) is 0 Å². The lowest BCUT2D eigenvalue weighted by Gasteiger charge is -2.23. The van der Waals surface area contributed by atoms with E-state index in [-0.39, 0.29) is 10.7 Å². The van der Waals surface area contributed by atoms with Gasteiger partial charge in [-0.2, -0.15) is 4.31 Å². The molecule has 1 aliphatic heterocycles. The van der Waals surface area contributed by atoms with E-state index in [4.69, 9.17) is 0 Å². The highest BCUT2D eigenvalue weighted by atomic mass is 32.2. The van der Waals surface area contributed by atoms with Crippen LogP contribution in [0.5, 0.6) is 0 Å². The molecule has 0 spiro atoms. The van der Waals surface area contributed by atoms with Crippen LogP contribution in [-0.2, 0) is 10.0 Å². The predicted octanol–water partition coefficient (Wildman–Crippen LogP) is 2.20. The summed E-state index contributed by atoms with van der Waals surface area (Å²) in [6, 6.07) is 10.9. The summed E-state index contributed by atoms with van der Waals surface area (Å²) in [6.07, 6.45) is 1.12. The van der Waals surface area contributed by atoms with Crippen molar-refractivity contribution < 1.29 is 13.2 Å². The number of hydrogen-bond donors (Lipinski definition) is 2. The molecule has 2 aromatic carbocycles. The quantitative estimate of drug-likeness (QED) is 0.672. The lowest BCUT2D eigenvalue weighted by Crippen LogP contribution is -2.40. The summed E-state index contributed by atoms with van der Waals surface area (Å²) in [4.78, 5) is 29.5. The summed E-state index contributed by atoms with van der Waals surface area (Å²) in [6.45, 7) is 2.23. The number of aromatic amines is 2. The summed E-state index contributed by atoms with van der Waals surface area (Å²) < 4.78 is 27.6. The average molecular weight is 385 g/mol. The first-order chi connectivity index (χ1) is 12.9. The van der Waals surface area contributed by atoms with Gasteiger partial charge in [-0.15, -0.1) is 0 Å². The zero-order valence-electron chi connectivity index (χ0n) is 14.7.